The van der Waals surface area contributed by atoms with E-state index in [-0.39, 0.29) is 5.91 Å². The number of benzene rings is 1. The fourth-order valence-corrected chi connectivity index (χ4v) is 2.28. The third kappa shape index (κ3) is 5.62. The van der Waals surface area contributed by atoms with Gasteiger partial charge in [0, 0.05) is 26.3 Å². The maximum atomic E-state index is 12.5. The summed E-state index contributed by atoms with van der Waals surface area (Å²) in [5.74, 6) is 0.380. The van der Waals surface area contributed by atoms with Gasteiger partial charge in [0.15, 0.2) is 0 Å². The molecule has 0 saturated carbocycles. The van der Waals surface area contributed by atoms with E-state index in [9.17, 15) is 4.79 Å². The van der Waals surface area contributed by atoms with Gasteiger partial charge in [0.1, 0.15) is 5.69 Å². The fraction of sp³-hybridized carbons (Fsp3) is 0.389. The number of anilines is 1. The number of nitrogens with zero attached hydrogens (tertiary/aromatic N) is 4. The molecular weight excluding hydrogens is 302 g/mol. The van der Waals surface area contributed by atoms with Crippen molar-refractivity contribution in [2.24, 2.45) is 0 Å². The molecular formula is C18H25N5O. The van der Waals surface area contributed by atoms with E-state index >= 15 is 0 Å². The highest BCUT2D eigenvalue weighted by Crippen LogP contribution is 2.08. The van der Waals surface area contributed by atoms with E-state index in [1.165, 1.54) is 0 Å². The van der Waals surface area contributed by atoms with Crippen LogP contribution in [0.5, 0.6) is 0 Å². The molecule has 0 aliphatic rings. The van der Waals surface area contributed by atoms with E-state index in [0.717, 1.165) is 25.1 Å². The van der Waals surface area contributed by atoms with Crippen LogP contribution < -0.4 is 5.32 Å². The zero-order valence-corrected chi connectivity index (χ0v) is 14.6. The van der Waals surface area contributed by atoms with Crippen molar-refractivity contribution < 1.29 is 4.79 Å². The van der Waals surface area contributed by atoms with Gasteiger partial charge in [0.2, 0.25) is 5.95 Å². The van der Waals surface area contributed by atoms with Gasteiger partial charge in [-0.15, -0.1) is 0 Å². The van der Waals surface area contributed by atoms with E-state index < -0.39 is 0 Å². The molecule has 128 valence electrons. The molecule has 0 unspecified atom stereocenters. The number of carbonyl (C=O) groups is 1. The normalized spacial score (nSPS) is 10.7. The zero-order valence-electron chi connectivity index (χ0n) is 14.6. The van der Waals surface area contributed by atoms with Crippen molar-refractivity contribution in [3.05, 3.63) is 53.9 Å². The number of amides is 1. The van der Waals surface area contributed by atoms with Crippen LogP contribution in [0.25, 0.3) is 0 Å². The number of aromatic nitrogens is 2. The first kappa shape index (κ1) is 17.9. The molecule has 0 fully saturated rings. The zero-order chi connectivity index (χ0) is 17.4. The lowest BCUT2D eigenvalue weighted by Gasteiger charge is -2.17. The minimum absolute atomic E-state index is 0.113. The minimum Gasteiger partial charge on any atom is -0.354 e. The summed E-state index contributed by atoms with van der Waals surface area (Å²) in [5.41, 5.74) is 1.49. The Morgan fingerprint density at radius 3 is 2.58 bits per heavy atom. The summed E-state index contributed by atoms with van der Waals surface area (Å²) in [6.07, 6.45) is 2.60. The lowest BCUT2D eigenvalue weighted by molar-refractivity contribution is 0.0779. The lowest BCUT2D eigenvalue weighted by atomic mass is 10.2. The molecule has 1 amide bonds. The highest BCUT2D eigenvalue weighted by molar-refractivity contribution is 5.92. The first-order valence-corrected chi connectivity index (χ1v) is 8.07. The molecule has 1 heterocycles. The molecule has 1 N–H and O–H groups in total. The number of nitrogens with one attached hydrogen (secondary N) is 1. The summed E-state index contributed by atoms with van der Waals surface area (Å²) in [7, 11) is 5.86. The summed E-state index contributed by atoms with van der Waals surface area (Å²) in [6, 6.07) is 11.5. The Balaban J connectivity index is 1.93. The van der Waals surface area contributed by atoms with Crippen LogP contribution in [0.15, 0.2) is 42.6 Å². The molecule has 0 atom stereocenters. The van der Waals surface area contributed by atoms with Gasteiger partial charge in [-0.1, -0.05) is 30.3 Å². The smallest absolute Gasteiger partial charge is 0.272 e. The largest absolute Gasteiger partial charge is 0.354 e. The SMILES string of the molecule is CN(C)CCCNc1nccc(C(=O)N(C)Cc2ccccc2)n1. The van der Waals surface area contributed by atoms with Gasteiger partial charge in [-0.25, -0.2) is 9.97 Å². The molecule has 0 saturated heterocycles. The molecule has 1 aromatic carbocycles. The van der Waals surface area contributed by atoms with Crippen LogP contribution in [0.3, 0.4) is 0 Å². The van der Waals surface area contributed by atoms with Gasteiger partial charge >= 0.3 is 0 Å². The summed E-state index contributed by atoms with van der Waals surface area (Å²) >= 11 is 0. The van der Waals surface area contributed by atoms with Crippen LogP contribution in [0, 0.1) is 0 Å². The predicted molar refractivity (Wildman–Crippen MR) is 95.9 cm³/mol. The summed E-state index contributed by atoms with van der Waals surface area (Å²) < 4.78 is 0. The van der Waals surface area contributed by atoms with E-state index in [0.29, 0.717) is 18.2 Å². The topological polar surface area (TPSA) is 61.4 Å². The molecule has 0 aliphatic heterocycles. The Morgan fingerprint density at radius 2 is 1.88 bits per heavy atom. The second-order valence-corrected chi connectivity index (χ2v) is 6.00. The van der Waals surface area contributed by atoms with Crippen LogP contribution in [-0.2, 0) is 6.54 Å². The Kier molecular flexibility index (Phi) is 6.69. The number of rotatable bonds is 8. The quantitative estimate of drug-likeness (QED) is 0.753. The minimum atomic E-state index is -0.113. The van der Waals surface area contributed by atoms with E-state index in [2.05, 4.69) is 20.2 Å². The standard InChI is InChI=1S/C18H25N5O/c1-22(2)13-7-11-19-18-20-12-10-16(21-18)17(24)23(3)14-15-8-5-4-6-9-15/h4-6,8-10,12H,7,11,13-14H2,1-3H3,(H,19,20,21). The molecule has 1 aromatic heterocycles. The van der Waals surface area contributed by atoms with Gasteiger partial charge in [0.05, 0.1) is 0 Å². The third-order valence-corrected chi connectivity index (χ3v) is 3.55. The molecule has 2 aromatic rings. The number of carbonyl (C=O) groups excluding carboxylic acids is 1. The molecule has 0 spiro atoms. The van der Waals surface area contributed by atoms with Crippen molar-refractivity contribution in [3.8, 4) is 0 Å². The maximum Gasteiger partial charge on any atom is 0.272 e. The Labute approximate surface area is 143 Å². The Morgan fingerprint density at radius 1 is 1.12 bits per heavy atom. The van der Waals surface area contributed by atoms with Gasteiger partial charge in [-0.3, -0.25) is 4.79 Å². The van der Waals surface area contributed by atoms with Crippen molar-refractivity contribution in [1.82, 2.24) is 19.8 Å². The average molecular weight is 327 g/mol. The Hall–Kier alpha value is -2.47. The van der Waals surface area contributed by atoms with E-state index in [4.69, 9.17) is 0 Å². The number of hydrogen-bond donors (Lipinski definition) is 1. The third-order valence-electron chi connectivity index (χ3n) is 3.55. The van der Waals surface area contributed by atoms with Crippen molar-refractivity contribution in [3.63, 3.8) is 0 Å². The van der Waals surface area contributed by atoms with Gasteiger partial charge in [-0.05, 0) is 38.7 Å². The highest BCUT2D eigenvalue weighted by atomic mass is 16.2. The number of hydrogen-bond acceptors (Lipinski definition) is 5. The highest BCUT2D eigenvalue weighted by Gasteiger charge is 2.14. The predicted octanol–water partition coefficient (Wildman–Crippen LogP) is 2.11. The summed E-state index contributed by atoms with van der Waals surface area (Å²) in [5, 5.41) is 3.16. The molecule has 0 radical (unpaired) electrons. The van der Waals surface area contributed by atoms with Crippen molar-refractivity contribution in [2.45, 2.75) is 13.0 Å². The molecule has 2 rings (SSSR count). The summed E-state index contributed by atoms with van der Waals surface area (Å²) in [4.78, 5) is 24.8. The maximum absolute atomic E-state index is 12.5. The molecule has 24 heavy (non-hydrogen) atoms. The monoisotopic (exact) mass is 327 g/mol. The first-order valence-electron chi connectivity index (χ1n) is 8.07. The van der Waals surface area contributed by atoms with E-state index in [1.807, 2.05) is 44.4 Å². The van der Waals surface area contributed by atoms with Crippen molar-refractivity contribution in [1.29, 1.82) is 0 Å². The Bertz CT molecular complexity index is 645. The fourth-order valence-electron chi connectivity index (χ4n) is 2.28. The van der Waals surface area contributed by atoms with Crippen LogP contribution in [0.4, 0.5) is 5.95 Å². The van der Waals surface area contributed by atoms with Gasteiger partial charge < -0.3 is 15.1 Å². The van der Waals surface area contributed by atoms with E-state index in [1.54, 1.807) is 24.2 Å². The molecule has 6 nitrogen and oxygen atoms in total. The van der Waals surface area contributed by atoms with Crippen LogP contribution in [-0.4, -0.2) is 59.9 Å². The van der Waals surface area contributed by atoms with Gasteiger partial charge in [0.25, 0.3) is 5.91 Å². The molecule has 0 bridgehead atoms. The summed E-state index contributed by atoms with van der Waals surface area (Å²) in [6.45, 7) is 2.32. The van der Waals surface area contributed by atoms with Crippen LogP contribution >= 0.6 is 0 Å². The molecule has 6 heteroatoms. The second-order valence-electron chi connectivity index (χ2n) is 6.00. The average Bonchev–Trinajstić information content (AvgIpc) is 2.59. The van der Waals surface area contributed by atoms with Crippen molar-refractivity contribution >= 4 is 11.9 Å². The lowest BCUT2D eigenvalue weighted by Crippen LogP contribution is -2.27. The van der Waals surface area contributed by atoms with Crippen molar-refractivity contribution in [2.75, 3.05) is 39.5 Å². The van der Waals surface area contributed by atoms with Crippen LogP contribution in [0.1, 0.15) is 22.5 Å². The first-order chi connectivity index (χ1) is 11.6. The van der Waals surface area contributed by atoms with Gasteiger partial charge in [-0.2, -0.15) is 0 Å². The van der Waals surface area contributed by atoms with Crippen LogP contribution in [0.2, 0.25) is 0 Å². The molecule has 0 aliphatic carbocycles. The second kappa shape index (κ2) is 8.98.